The van der Waals surface area contributed by atoms with Gasteiger partial charge in [-0.05, 0) is 36.8 Å². The number of nitrogens with two attached hydrogens (primary N) is 1. The highest BCUT2D eigenvalue weighted by Gasteiger charge is 2.11. The van der Waals surface area contributed by atoms with E-state index in [0.717, 1.165) is 16.9 Å². The zero-order valence-electron chi connectivity index (χ0n) is 12.5. The Labute approximate surface area is 124 Å². The number of rotatable bonds is 4. The molecule has 5 heteroatoms. The summed E-state index contributed by atoms with van der Waals surface area (Å²) in [7, 11) is 3.42. The Kier molecular flexibility index (Phi) is 4.42. The summed E-state index contributed by atoms with van der Waals surface area (Å²) in [6.07, 6.45) is 1.63. The van der Waals surface area contributed by atoms with Crippen LogP contribution < -0.4 is 11.1 Å². The second kappa shape index (κ2) is 6.26. The number of nitrogens with one attached hydrogen (secondary N) is 1. The van der Waals surface area contributed by atoms with Gasteiger partial charge >= 0.3 is 0 Å². The third kappa shape index (κ3) is 3.72. The van der Waals surface area contributed by atoms with Crippen LogP contribution in [-0.4, -0.2) is 29.9 Å². The minimum atomic E-state index is -0.116. The van der Waals surface area contributed by atoms with Crippen molar-refractivity contribution in [2.24, 2.45) is 0 Å². The van der Waals surface area contributed by atoms with Crippen LogP contribution in [-0.2, 0) is 0 Å². The van der Waals surface area contributed by atoms with Gasteiger partial charge in [-0.25, -0.2) is 0 Å². The van der Waals surface area contributed by atoms with E-state index in [1.165, 1.54) is 4.90 Å². The quantitative estimate of drug-likeness (QED) is 0.846. The Morgan fingerprint density at radius 2 is 2.05 bits per heavy atom. The monoisotopic (exact) mass is 284 g/mol. The Morgan fingerprint density at radius 1 is 1.29 bits per heavy atom. The molecule has 0 aliphatic carbocycles. The molecule has 0 saturated heterocycles. The van der Waals surface area contributed by atoms with Gasteiger partial charge in [0.15, 0.2) is 0 Å². The lowest BCUT2D eigenvalue weighted by molar-refractivity contribution is 0.0822. The molecule has 0 saturated carbocycles. The molecular formula is C16H20N4O. The van der Waals surface area contributed by atoms with Gasteiger partial charge in [-0.2, -0.15) is 0 Å². The van der Waals surface area contributed by atoms with Crippen LogP contribution in [0.25, 0.3) is 0 Å². The van der Waals surface area contributed by atoms with Crippen molar-refractivity contribution in [1.82, 2.24) is 9.88 Å². The van der Waals surface area contributed by atoms with Crippen molar-refractivity contribution >= 4 is 17.3 Å². The number of benzene rings is 1. The van der Waals surface area contributed by atoms with E-state index in [9.17, 15) is 4.79 Å². The molecule has 0 fully saturated rings. The number of amides is 1. The second-order valence-electron chi connectivity index (χ2n) is 5.17. The number of carbonyl (C=O) groups excluding carboxylic acids is 1. The normalized spacial score (nSPS) is 11.8. The van der Waals surface area contributed by atoms with Crippen molar-refractivity contribution in [2.75, 3.05) is 25.1 Å². The first-order chi connectivity index (χ1) is 9.97. The molecule has 1 amide bonds. The van der Waals surface area contributed by atoms with Gasteiger partial charge in [0.25, 0.3) is 5.91 Å². The highest BCUT2D eigenvalue weighted by atomic mass is 16.2. The predicted molar refractivity (Wildman–Crippen MR) is 85.1 cm³/mol. The molecule has 0 spiro atoms. The van der Waals surface area contributed by atoms with Crippen LogP contribution in [0.2, 0.25) is 0 Å². The standard InChI is InChI=1S/C16H20N4O/c1-11(12-5-4-6-13(17)9-12)19-14-7-8-18-15(10-14)16(21)20(2)3/h4-11H,17H2,1-3H3,(H,18,19). The fourth-order valence-corrected chi connectivity index (χ4v) is 2.03. The molecular weight excluding hydrogens is 264 g/mol. The van der Waals surface area contributed by atoms with Crippen LogP contribution in [0.5, 0.6) is 0 Å². The number of nitrogens with zero attached hydrogens (tertiary/aromatic N) is 2. The van der Waals surface area contributed by atoms with Crippen molar-refractivity contribution < 1.29 is 4.79 Å². The molecule has 1 unspecified atom stereocenters. The maximum Gasteiger partial charge on any atom is 0.272 e. The summed E-state index contributed by atoms with van der Waals surface area (Å²) in [4.78, 5) is 17.5. The van der Waals surface area contributed by atoms with Gasteiger partial charge in [0.05, 0.1) is 0 Å². The molecule has 0 aliphatic rings. The summed E-state index contributed by atoms with van der Waals surface area (Å²) in [5, 5.41) is 3.35. The number of aromatic nitrogens is 1. The van der Waals surface area contributed by atoms with Crippen LogP contribution >= 0.6 is 0 Å². The number of nitrogen functional groups attached to an aromatic ring is 1. The van der Waals surface area contributed by atoms with Crippen molar-refractivity contribution in [3.05, 3.63) is 53.9 Å². The van der Waals surface area contributed by atoms with E-state index >= 15 is 0 Å². The molecule has 1 aromatic carbocycles. The molecule has 1 heterocycles. The smallest absolute Gasteiger partial charge is 0.272 e. The predicted octanol–water partition coefficient (Wildman–Crippen LogP) is 2.54. The van der Waals surface area contributed by atoms with E-state index in [2.05, 4.69) is 10.3 Å². The van der Waals surface area contributed by atoms with Gasteiger partial charge in [-0.1, -0.05) is 12.1 Å². The molecule has 0 aliphatic heterocycles. The zero-order valence-corrected chi connectivity index (χ0v) is 12.5. The fourth-order valence-electron chi connectivity index (χ4n) is 2.03. The van der Waals surface area contributed by atoms with E-state index in [-0.39, 0.29) is 11.9 Å². The van der Waals surface area contributed by atoms with E-state index < -0.39 is 0 Å². The van der Waals surface area contributed by atoms with Gasteiger partial charge < -0.3 is 16.0 Å². The van der Waals surface area contributed by atoms with Crippen LogP contribution in [0.4, 0.5) is 11.4 Å². The van der Waals surface area contributed by atoms with Crippen molar-refractivity contribution in [2.45, 2.75) is 13.0 Å². The highest BCUT2D eigenvalue weighted by Crippen LogP contribution is 2.21. The van der Waals surface area contributed by atoms with E-state index in [1.54, 1.807) is 26.4 Å². The summed E-state index contributed by atoms with van der Waals surface area (Å²) >= 11 is 0. The number of hydrogen-bond acceptors (Lipinski definition) is 4. The summed E-state index contributed by atoms with van der Waals surface area (Å²) in [5.41, 5.74) is 8.90. The topological polar surface area (TPSA) is 71.2 Å². The first-order valence-electron chi connectivity index (χ1n) is 6.77. The van der Waals surface area contributed by atoms with Gasteiger partial charge in [-0.3, -0.25) is 9.78 Å². The van der Waals surface area contributed by atoms with Gasteiger partial charge in [0.2, 0.25) is 0 Å². The molecule has 1 atom stereocenters. The molecule has 21 heavy (non-hydrogen) atoms. The first kappa shape index (κ1) is 14.8. The lowest BCUT2D eigenvalue weighted by atomic mass is 10.1. The van der Waals surface area contributed by atoms with Crippen LogP contribution in [0, 0.1) is 0 Å². The Morgan fingerprint density at radius 3 is 2.71 bits per heavy atom. The molecule has 5 nitrogen and oxygen atoms in total. The van der Waals surface area contributed by atoms with Crippen molar-refractivity contribution in [3.8, 4) is 0 Å². The van der Waals surface area contributed by atoms with Crippen molar-refractivity contribution in [3.63, 3.8) is 0 Å². The Hall–Kier alpha value is -2.56. The summed E-state index contributed by atoms with van der Waals surface area (Å²) in [5.74, 6) is -0.116. The van der Waals surface area contributed by atoms with Gasteiger partial charge in [0.1, 0.15) is 5.69 Å². The zero-order chi connectivity index (χ0) is 15.4. The largest absolute Gasteiger partial charge is 0.399 e. The molecule has 2 aromatic rings. The summed E-state index contributed by atoms with van der Waals surface area (Å²) in [6, 6.07) is 11.4. The maximum absolute atomic E-state index is 11.9. The number of carbonyl (C=O) groups is 1. The average Bonchev–Trinajstić information content (AvgIpc) is 2.46. The first-order valence-corrected chi connectivity index (χ1v) is 6.77. The number of pyridine rings is 1. The Balaban J connectivity index is 2.16. The maximum atomic E-state index is 11.9. The SMILES string of the molecule is CC(Nc1ccnc(C(=O)N(C)C)c1)c1cccc(N)c1. The third-order valence-electron chi connectivity index (χ3n) is 3.18. The fraction of sp³-hybridized carbons (Fsp3) is 0.250. The van der Waals surface area contributed by atoms with E-state index in [0.29, 0.717) is 5.69 Å². The number of anilines is 2. The molecule has 0 radical (unpaired) electrons. The molecule has 2 rings (SSSR count). The Bertz CT molecular complexity index is 640. The van der Waals surface area contributed by atoms with Crippen LogP contribution in [0.3, 0.4) is 0 Å². The van der Waals surface area contributed by atoms with E-state index in [1.807, 2.05) is 37.3 Å². The van der Waals surface area contributed by atoms with Crippen LogP contribution in [0.15, 0.2) is 42.6 Å². The summed E-state index contributed by atoms with van der Waals surface area (Å²) < 4.78 is 0. The minimum absolute atomic E-state index is 0.0817. The highest BCUT2D eigenvalue weighted by molar-refractivity contribution is 5.92. The second-order valence-corrected chi connectivity index (χ2v) is 5.17. The lowest BCUT2D eigenvalue weighted by Crippen LogP contribution is -2.22. The van der Waals surface area contributed by atoms with E-state index in [4.69, 9.17) is 5.73 Å². The number of hydrogen-bond donors (Lipinski definition) is 2. The molecule has 110 valence electrons. The molecule has 3 N–H and O–H groups in total. The van der Waals surface area contributed by atoms with Crippen LogP contribution in [0.1, 0.15) is 29.0 Å². The van der Waals surface area contributed by atoms with Gasteiger partial charge in [-0.15, -0.1) is 0 Å². The summed E-state index contributed by atoms with van der Waals surface area (Å²) in [6.45, 7) is 2.04. The van der Waals surface area contributed by atoms with Crippen molar-refractivity contribution in [1.29, 1.82) is 0 Å². The van der Waals surface area contributed by atoms with Gasteiger partial charge in [0, 0.05) is 37.7 Å². The minimum Gasteiger partial charge on any atom is -0.399 e. The third-order valence-corrected chi connectivity index (χ3v) is 3.18. The lowest BCUT2D eigenvalue weighted by Gasteiger charge is -2.17. The average molecular weight is 284 g/mol. The molecule has 1 aromatic heterocycles. The molecule has 0 bridgehead atoms.